The van der Waals surface area contributed by atoms with Crippen molar-refractivity contribution in [3.05, 3.63) is 24.5 Å². The number of hydrogen-bond acceptors (Lipinski definition) is 4. The molecule has 1 amide bonds. The summed E-state index contributed by atoms with van der Waals surface area (Å²) >= 11 is 0. The second kappa shape index (κ2) is 5.85. The van der Waals surface area contributed by atoms with Crippen LogP contribution in [0.5, 0.6) is 5.75 Å². The first-order chi connectivity index (χ1) is 11.3. The molecule has 0 aliphatic carbocycles. The molecule has 2 aliphatic heterocycles. The van der Waals surface area contributed by atoms with Crippen LogP contribution in [0.1, 0.15) is 25.7 Å². The summed E-state index contributed by atoms with van der Waals surface area (Å²) in [4.78, 5) is 21.5. The minimum atomic E-state index is -0.260. The Morgan fingerprint density at radius 3 is 2.74 bits per heavy atom. The van der Waals surface area contributed by atoms with Crippen molar-refractivity contribution in [3.8, 4) is 5.75 Å². The number of hydrogen-bond donors (Lipinski definition) is 2. The van der Waals surface area contributed by atoms with Gasteiger partial charge in [-0.3, -0.25) is 0 Å². The smallest absolute Gasteiger partial charge is 0.408 e. The van der Waals surface area contributed by atoms with Gasteiger partial charge in [-0.25, -0.2) is 9.78 Å². The second-order valence-electron chi connectivity index (χ2n) is 6.66. The number of ether oxygens (including phenoxy) is 1. The molecular formula is C17H22N4O2. The van der Waals surface area contributed by atoms with Gasteiger partial charge in [-0.05, 0) is 56.3 Å². The number of benzene rings is 1. The summed E-state index contributed by atoms with van der Waals surface area (Å²) in [6.45, 7) is 3.78. The van der Waals surface area contributed by atoms with Gasteiger partial charge in [0.2, 0.25) is 0 Å². The van der Waals surface area contributed by atoms with E-state index in [9.17, 15) is 4.79 Å². The molecule has 122 valence electrons. The zero-order valence-corrected chi connectivity index (χ0v) is 13.2. The van der Waals surface area contributed by atoms with Crippen molar-refractivity contribution in [2.24, 2.45) is 5.41 Å². The minimum absolute atomic E-state index is 0.260. The van der Waals surface area contributed by atoms with Crippen molar-refractivity contribution in [2.45, 2.75) is 25.7 Å². The fourth-order valence-electron chi connectivity index (χ4n) is 3.80. The van der Waals surface area contributed by atoms with Gasteiger partial charge in [0.25, 0.3) is 0 Å². The Bertz CT molecular complexity index is 695. The summed E-state index contributed by atoms with van der Waals surface area (Å²) in [5, 5.41) is 3.42. The summed E-state index contributed by atoms with van der Waals surface area (Å²) in [6, 6.07) is 5.57. The van der Waals surface area contributed by atoms with Crippen LogP contribution in [-0.2, 0) is 0 Å². The highest BCUT2D eigenvalue weighted by atomic mass is 16.6. The van der Waals surface area contributed by atoms with Gasteiger partial charge in [0, 0.05) is 13.1 Å². The number of carbonyl (C=O) groups is 1. The van der Waals surface area contributed by atoms with Crippen LogP contribution in [0.2, 0.25) is 0 Å². The zero-order chi connectivity index (χ0) is 15.7. The number of piperidine rings is 2. The molecule has 2 aromatic rings. The van der Waals surface area contributed by atoms with Crippen molar-refractivity contribution in [1.29, 1.82) is 0 Å². The van der Waals surface area contributed by atoms with Crippen LogP contribution in [0.4, 0.5) is 4.79 Å². The van der Waals surface area contributed by atoms with Crippen LogP contribution in [0.3, 0.4) is 0 Å². The molecule has 23 heavy (non-hydrogen) atoms. The number of H-pyrrole nitrogens is 1. The summed E-state index contributed by atoms with van der Waals surface area (Å²) in [5.41, 5.74) is 2.01. The van der Waals surface area contributed by atoms with E-state index in [2.05, 4.69) is 15.3 Å². The van der Waals surface area contributed by atoms with E-state index in [1.807, 2.05) is 17.0 Å². The average molecular weight is 314 g/mol. The number of imidazole rings is 1. The lowest BCUT2D eigenvalue weighted by molar-refractivity contribution is 0.0725. The fraction of sp³-hybridized carbons (Fsp3) is 0.529. The molecule has 6 heteroatoms. The number of aromatic amines is 1. The third-order valence-corrected chi connectivity index (χ3v) is 5.36. The number of nitrogens with zero attached hydrogens (tertiary/aromatic N) is 2. The van der Waals surface area contributed by atoms with Gasteiger partial charge in [-0.15, -0.1) is 0 Å². The zero-order valence-electron chi connectivity index (χ0n) is 13.2. The van der Waals surface area contributed by atoms with Crippen molar-refractivity contribution in [1.82, 2.24) is 20.2 Å². The molecule has 1 aromatic carbocycles. The molecule has 0 saturated carbocycles. The third-order valence-electron chi connectivity index (χ3n) is 5.36. The monoisotopic (exact) mass is 314 g/mol. The van der Waals surface area contributed by atoms with E-state index in [-0.39, 0.29) is 6.09 Å². The van der Waals surface area contributed by atoms with Crippen molar-refractivity contribution in [3.63, 3.8) is 0 Å². The van der Waals surface area contributed by atoms with Gasteiger partial charge in [0.15, 0.2) is 5.75 Å². The maximum atomic E-state index is 12.5. The number of aromatic nitrogens is 2. The number of rotatable bonds is 1. The maximum Gasteiger partial charge on any atom is 0.415 e. The number of likely N-dealkylation sites (tertiary alicyclic amines) is 1. The van der Waals surface area contributed by atoms with Crippen LogP contribution in [0, 0.1) is 5.41 Å². The van der Waals surface area contributed by atoms with Crippen molar-refractivity contribution >= 4 is 17.1 Å². The normalized spacial score (nSPS) is 20.8. The second-order valence-corrected chi connectivity index (χ2v) is 6.66. The first-order valence-electron chi connectivity index (χ1n) is 8.35. The quantitative estimate of drug-likeness (QED) is 0.848. The Labute approximate surface area is 135 Å². The number of fused-ring (bicyclic) bond motifs is 1. The fourth-order valence-corrected chi connectivity index (χ4v) is 3.80. The molecule has 1 spiro atoms. The molecule has 2 aliphatic rings. The molecule has 0 unspecified atom stereocenters. The molecule has 2 fully saturated rings. The van der Waals surface area contributed by atoms with E-state index in [1.54, 1.807) is 12.4 Å². The van der Waals surface area contributed by atoms with E-state index in [0.717, 1.165) is 44.5 Å². The van der Waals surface area contributed by atoms with E-state index in [0.29, 0.717) is 16.7 Å². The van der Waals surface area contributed by atoms with Gasteiger partial charge in [-0.2, -0.15) is 0 Å². The lowest BCUT2D eigenvalue weighted by atomic mass is 9.72. The summed E-state index contributed by atoms with van der Waals surface area (Å²) in [6.07, 6.45) is 5.96. The number of amides is 1. The average Bonchev–Trinajstić information content (AvgIpc) is 3.06. The largest absolute Gasteiger partial charge is 0.415 e. The molecular weight excluding hydrogens is 292 g/mol. The number of para-hydroxylation sites is 1. The Kier molecular flexibility index (Phi) is 3.69. The first kappa shape index (κ1) is 14.5. The van der Waals surface area contributed by atoms with Gasteiger partial charge in [0.1, 0.15) is 5.52 Å². The molecule has 2 saturated heterocycles. The van der Waals surface area contributed by atoms with Crippen LogP contribution >= 0.6 is 0 Å². The van der Waals surface area contributed by atoms with E-state index < -0.39 is 0 Å². The highest BCUT2D eigenvalue weighted by Crippen LogP contribution is 2.39. The molecule has 2 N–H and O–H groups in total. The first-order valence-corrected chi connectivity index (χ1v) is 8.35. The molecule has 1 aromatic heterocycles. The Morgan fingerprint density at radius 2 is 1.96 bits per heavy atom. The Hall–Kier alpha value is -2.08. The van der Waals surface area contributed by atoms with Gasteiger partial charge < -0.3 is 19.9 Å². The molecule has 0 bridgehead atoms. The molecule has 3 heterocycles. The summed E-state index contributed by atoms with van der Waals surface area (Å²) < 4.78 is 5.59. The van der Waals surface area contributed by atoms with E-state index in [4.69, 9.17) is 4.74 Å². The third kappa shape index (κ3) is 2.79. The SMILES string of the molecule is O=C(Oc1cccc2[nH]cnc12)N1CCC2(CCNCC2)CC1. The number of nitrogens with one attached hydrogen (secondary N) is 2. The molecule has 6 nitrogen and oxygen atoms in total. The lowest BCUT2D eigenvalue weighted by Crippen LogP contribution is -2.47. The van der Waals surface area contributed by atoms with Crippen LogP contribution in [-0.4, -0.2) is 47.1 Å². The van der Waals surface area contributed by atoms with Gasteiger partial charge >= 0.3 is 6.09 Å². The van der Waals surface area contributed by atoms with Crippen LogP contribution in [0.15, 0.2) is 24.5 Å². The number of carbonyl (C=O) groups excluding carboxylic acids is 1. The van der Waals surface area contributed by atoms with Crippen molar-refractivity contribution < 1.29 is 9.53 Å². The topological polar surface area (TPSA) is 70.2 Å². The summed E-state index contributed by atoms with van der Waals surface area (Å²) in [5.74, 6) is 0.524. The Morgan fingerprint density at radius 1 is 1.17 bits per heavy atom. The van der Waals surface area contributed by atoms with E-state index in [1.165, 1.54) is 12.8 Å². The minimum Gasteiger partial charge on any atom is -0.408 e. The maximum absolute atomic E-state index is 12.5. The molecule has 0 radical (unpaired) electrons. The van der Waals surface area contributed by atoms with Gasteiger partial charge in [-0.1, -0.05) is 6.07 Å². The molecule has 0 atom stereocenters. The lowest BCUT2D eigenvalue weighted by Gasteiger charge is -2.44. The predicted molar refractivity (Wildman–Crippen MR) is 87.5 cm³/mol. The molecule has 4 rings (SSSR count). The summed E-state index contributed by atoms with van der Waals surface area (Å²) in [7, 11) is 0. The standard InChI is InChI=1S/C17H22N4O2/c22-16(23-14-3-1-2-13-15(14)20-12-19-13)21-10-6-17(7-11-21)4-8-18-9-5-17/h1-3,12,18H,4-11H2,(H,19,20). The van der Waals surface area contributed by atoms with Gasteiger partial charge in [0.05, 0.1) is 11.8 Å². The highest BCUT2D eigenvalue weighted by molar-refractivity contribution is 5.84. The van der Waals surface area contributed by atoms with E-state index >= 15 is 0 Å². The van der Waals surface area contributed by atoms with Crippen molar-refractivity contribution in [2.75, 3.05) is 26.2 Å². The Balaban J connectivity index is 1.41. The highest BCUT2D eigenvalue weighted by Gasteiger charge is 2.37. The van der Waals surface area contributed by atoms with Crippen LogP contribution in [0.25, 0.3) is 11.0 Å². The van der Waals surface area contributed by atoms with Crippen LogP contribution < -0.4 is 10.1 Å². The predicted octanol–water partition coefficient (Wildman–Crippen LogP) is 2.53.